The highest BCUT2D eigenvalue weighted by atomic mass is 15.0. The summed E-state index contributed by atoms with van der Waals surface area (Å²) in [6, 6.07) is 0. The Morgan fingerprint density at radius 1 is 0.905 bits per heavy atom. The molecule has 0 unspecified atom stereocenters. The van der Waals surface area contributed by atoms with E-state index in [-0.39, 0.29) is 0 Å². The Balaban J connectivity index is 2.43. The molecule has 0 saturated heterocycles. The van der Waals surface area contributed by atoms with Crippen molar-refractivity contribution >= 4 is 5.82 Å². The number of nitrogens with one attached hydrogen (secondary N) is 2. The molecule has 0 aliphatic rings. The lowest BCUT2D eigenvalue weighted by Gasteiger charge is -2.25. The Bertz CT molecular complexity index is 376. The Morgan fingerprint density at radius 3 is 2.05 bits per heavy atom. The minimum absolute atomic E-state index is 0.652. The summed E-state index contributed by atoms with van der Waals surface area (Å²) >= 11 is 0. The lowest BCUT2D eigenvalue weighted by molar-refractivity contribution is 0.304. The van der Waals surface area contributed by atoms with Crippen LogP contribution in [0.1, 0.15) is 47.2 Å². The largest absolute Gasteiger partial charge is 0.368 e. The van der Waals surface area contributed by atoms with Crippen LogP contribution in [0.4, 0.5) is 5.82 Å². The summed E-state index contributed by atoms with van der Waals surface area (Å²) in [4.78, 5) is 8.91. The van der Waals surface area contributed by atoms with Crippen LogP contribution in [0.25, 0.3) is 0 Å². The van der Waals surface area contributed by atoms with Crippen LogP contribution in [0.2, 0.25) is 0 Å². The first-order valence-electron chi connectivity index (χ1n) is 8.15. The summed E-state index contributed by atoms with van der Waals surface area (Å²) in [5.74, 6) is 3.52. The van der Waals surface area contributed by atoms with Crippen molar-refractivity contribution in [2.45, 2.75) is 48.1 Å². The van der Waals surface area contributed by atoms with Gasteiger partial charge in [-0.15, -0.1) is 0 Å². The van der Waals surface area contributed by atoms with Gasteiger partial charge in [-0.3, -0.25) is 4.98 Å². The highest BCUT2D eigenvalue weighted by Crippen LogP contribution is 2.20. The van der Waals surface area contributed by atoms with Crippen molar-refractivity contribution in [2.75, 3.05) is 18.4 Å². The Kier molecular flexibility index (Phi) is 7.65. The molecule has 0 atom stereocenters. The second-order valence-electron chi connectivity index (χ2n) is 6.95. The van der Waals surface area contributed by atoms with Crippen molar-refractivity contribution in [3.63, 3.8) is 0 Å². The van der Waals surface area contributed by atoms with E-state index < -0.39 is 0 Å². The highest BCUT2D eigenvalue weighted by Gasteiger charge is 2.17. The smallest absolute Gasteiger partial charge is 0.144 e. The van der Waals surface area contributed by atoms with Crippen LogP contribution in [0.3, 0.4) is 0 Å². The summed E-state index contributed by atoms with van der Waals surface area (Å²) < 4.78 is 0. The SMILES string of the molecule is CC(C)CNCc1cnc(NCC(C(C)C)C(C)C)cn1. The third kappa shape index (κ3) is 6.89. The number of hydrogen-bond acceptors (Lipinski definition) is 4. The third-order valence-electron chi connectivity index (χ3n) is 3.80. The molecule has 0 bridgehead atoms. The molecule has 0 saturated carbocycles. The molecule has 0 aliphatic heterocycles. The maximum atomic E-state index is 4.46. The van der Waals surface area contributed by atoms with E-state index >= 15 is 0 Å². The first-order chi connectivity index (χ1) is 9.90. The average molecular weight is 292 g/mol. The average Bonchev–Trinajstić information content (AvgIpc) is 2.39. The van der Waals surface area contributed by atoms with E-state index in [4.69, 9.17) is 0 Å². The predicted molar refractivity (Wildman–Crippen MR) is 90.2 cm³/mol. The maximum absolute atomic E-state index is 4.46. The molecule has 0 fully saturated rings. The van der Waals surface area contributed by atoms with Crippen molar-refractivity contribution < 1.29 is 0 Å². The van der Waals surface area contributed by atoms with Gasteiger partial charge in [-0.2, -0.15) is 0 Å². The van der Waals surface area contributed by atoms with Crippen molar-refractivity contribution in [2.24, 2.45) is 23.7 Å². The highest BCUT2D eigenvalue weighted by molar-refractivity contribution is 5.31. The zero-order valence-electron chi connectivity index (χ0n) is 14.5. The molecule has 0 aromatic carbocycles. The summed E-state index contributed by atoms with van der Waals surface area (Å²) in [5.41, 5.74) is 0.991. The predicted octanol–water partition coefficient (Wildman–Crippen LogP) is 3.56. The number of anilines is 1. The fraction of sp³-hybridized carbons (Fsp3) is 0.765. The number of rotatable bonds is 9. The van der Waals surface area contributed by atoms with Gasteiger partial charge in [0.2, 0.25) is 0 Å². The lowest BCUT2D eigenvalue weighted by atomic mass is 9.85. The zero-order chi connectivity index (χ0) is 15.8. The first kappa shape index (κ1) is 17.9. The molecule has 4 heteroatoms. The zero-order valence-corrected chi connectivity index (χ0v) is 14.5. The summed E-state index contributed by atoms with van der Waals surface area (Å²) in [5, 5.41) is 6.79. The van der Waals surface area contributed by atoms with Crippen LogP contribution in [-0.2, 0) is 6.54 Å². The molecule has 1 aromatic heterocycles. The lowest BCUT2D eigenvalue weighted by Crippen LogP contribution is -2.25. The van der Waals surface area contributed by atoms with E-state index in [0.29, 0.717) is 23.7 Å². The Hall–Kier alpha value is -1.16. The molecule has 21 heavy (non-hydrogen) atoms. The van der Waals surface area contributed by atoms with E-state index in [2.05, 4.69) is 62.1 Å². The second-order valence-corrected chi connectivity index (χ2v) is 6.95. The molecule has 1 aromatic rings. The number of hydrogen-bond donors (Lipinski definition) is 2. The quantitative estimate of drug-likeness (QED) is 0.730. The molecule has 2 N–H and O–H groups in total. The fourth-order valence-electron chi connectivity index (χ4n) is 2.49. The van der Waals surface area contributed by atoms with Crippen molar-refractivity contribution in [3.8, 4) is 0 Å². The van der Waals surface area contributed by atoms with Gasteiger partial charge in [-0.1, -0.05) is 41.5 Å². The van der Waals surface area contributed by atoms with Crippen LogP contribution in [-0.4, -0.2) is 23.1 Å². The molecule has 1 heterocycles. The number of aromatic nitrogens is 2. The van der Waals surface area contributed by atoms with Crippen LogP contribution < -0.4 is 10.6 Å². The van der Waals surface area contributed by atoms with Gasteiger partial charge in [-0.25, -0.2) is 4.98 Å². The fourth-order valence-corrected chi connectivity index (χ4v) is 2.49. The summed E-state index contributed by atoms with van der Waals surface area (Å²) in [6.45, 7) is 16.3. The number of nitrogens with zero attached hydrogens (tertiary/aromatic N) is 2. The standard InChI is InChI=1S/C17H32N4/c1-12(2)7-18-8-15-9-20-17(11-19-15)21-10-16(13(3)4)14(5)6/h9,11-14,16,18H,7-8,10H2,1-6H3,(H,20,21). The molecule has 0 amide bonds. The van der Waals surface area contributed by atoms with Crippen molar-refractivity contribution in [1.82, 2.24) is 15.3 Å². The Morgan fingerprint density at radius 2 is 1.57 bits per heavy atom. The van der Waals surface area contributed by atoms with Crippen LogP contribution in [0.5, 0.6) is 0 Å². The summed E-state index contributed by atoms with van der Waals surface area (Å²) in [6.07, 6.45) is 3.69. The molecule has 0 radical (unpaired) electrons. The van der Waals surface area contributed by atoms with E-state index in [1.54, 1.807) is 0 Å². The van der Waals surface area contributed by atoms with Crippen LogP contribution >= 0.6 is 0 Å². The van der Waals surface area contributed by atoms with E-state index in [1.807, 2.05) is 12.4 Å². The van der Waals surface area contributed by atoms with Crippen LogP contribution in [0.15, 0.2) is 12.4 Å². The molecule has 1 rings (SSSR count). The second kappa shape index (κ2) is 8.98. The van der Waals surface area contributed by atoms with Gasteiger partial charge in [0, 0.05) is 13.1 Å². The molecule has 0 aliphatic carbocycles. The molecular weight excluding hydrogens is 260 g/mol. The van der Waals surface area contributed by atoms with Gasteiger partial charge in [0.05, 0.1) is 18.1 Å². The monoisotopic (exact) mass is 292 g/mol. The van der Waals surface area contributed by atoms with Gasteiger partial charge in [0.1, 0.15) is 5.82 Å². The minimum Gasteiger partial charge on any atom is -0.368 e. The molecule has 4 nitrogen and oxygen atoms in total. The van der Waals surface area contributed by atoms with Gasteiger partial charge in [0.25, 0.3) is 0 Å². The Labute approximate surface area is 130 Å². The van der Waals surface area contributed by atoms with Gasteiger partial charge in [-0.05, 0) is 30.2 Å². The van der Waals surface area contributed by atoms with E-state index in [9.17, 15) is 0 Å². The van der Waals surface area contributed by atoms with Crippen molar-refractivity contribution in [3.05, 3.63) is 18.1 Å². The van der Waals surface area contributed by atoms with E-state index in [1.165, 1.54) is 0 Å². The van der Waals surface area contributed by atoms with Crippen molar-refractivity contribution in [1.29, 1.82) is 0 Å². The van der Waals surface area contributed by atoms with Gasteiger partial charge < -0.3 is 10.6 Å². The van der Waals surface area contributed by atoms with Gasteiger partial charge in [0.15, 0.2) is 0 Å². The van der Waals surface area contributed by atoms with Crippen LogP contribution in [0, 0.1) is 23.7 Å². The first-order valence-corrected chi connectivity index (χ1v) is 8.15. The minimum atomic E-state index is 0.652. The summed E-state index contributed by atoms with van der Waals surface area (Å²) in [7, 11) is 0. The third-order valence-corrected chi connectivity index (χ3v) is 3.80. The van der Waals surface area contributed by atoms with E-state index in [0.717, 1.165) is 31.1 Å². The molecule has 0 spiro atoms. The topological polar surface area (TPSA) is 49.8 Å². The normalized spacial score (nSPS) is 11.9. The van der Waals surface area contributed by atoms with Gasteiger partial charge >= 0.3 is 0 Å². The maximum Gasteiger partial charge on any atom is 0.144 e. The molecule has 120 valence electrons. The molecular formula is C17H32N4.